The lowest BCUT2D eigenvalue weighted by atomic mass is 9.99. The summed E-state index contributed by atoms with van der Waals surface area (Å²) >= 11 is 0. The maximum absolute atomic E-state index is 11.6. The molecule has 0 unspecified atom stereocenters. The minimum atomic E-state index is -3.14. The van der Waals surface area contributed by atoms with E-state index in [-0.39, 0.29) is 11.0 Å². The van der Waals surface area contributed by atoms with Gasteiger partial charge in [-0.2, -0.15) is 0 Å². The second-order valence-electron chi connectivity index (χ2n) is 3.57. The number of hydrogen-bond acceptors (Lipinski definition) is 3. The molecule has 0 amide bonds. The molecule has 76 valence electrons. The van der Waals surface area contributed by atoms with Crippen molar-refractivity contribution < 1.29 is 13.2 Å². The molecule has 0 heterocycles. The maximum Gasteiger partial charge on any atom is 0.216 e. The molecule has 0 aromatic heterocycles. The monoisotopic (exact) mass is 205 g/mol. The summed E-state index contributed by atoms with van der Waals surface area (Å²) in [5, 5.41) is -0.347. The summed E-state index contributed by atoms with van der Waals surface area (Å²) in [5.41, 5.74) is 0. The fourth-order valence-electron chi connectivity index (χ4n) is 1.51. The summed E-state index contributed by atoms with van der Waals surface area (Å²) in [6.45, 7) is 0. The van der Waals surface area contributed by atoms with Crippen LogP contribution in [0.1, 0.15) is 25.7 Å². The van der Waals surface area contributed by atoms with Gasteiger partial charge in [-0.05, 0) is 12.8 Å². The maximum atomic E-state index is 11.6. The quantitative estimate of drug-likeness (QED) is 0.655. The van der Waals surface area contributed by atoms with Gasteiger partial charge in [0.15, 0.2) is 0 Å². The number of ketones is 1. The molecule has 0 bridgehead atoms. The Hall–Kier alpha value is -0.420. The van der Waals surface area contributed by atoms with Crippen LogP contribution in [-0.4, -0.2) is 37.9 Å². The molecule has 1 fully saturated rings. The zero-order chi connectivity index (χ0) is 10.1. The average Bonchev–Trinajstić information content (AvgIpc) is 2.04. The highest BCUT2D eigenvalue weighted by atomic mass is 32.2. The number of carbonyl (C=O) groups excluding carboxylic acids is 1. The van der Waals surface area contributed by atoms with Gasteiger partial charge in [0.25, 0.3) is 0 Å². The summed E-state index contributed by atoms with van der Waals surface area (Å²) < 4.78 is 24.5. The van der Waals surface area contributed by atoms with E-state index in [0.29, 0.717) is 25.7 Å². The van der Waals surface area contributed by atoms with Crippen molar-refractivity contribution in [3.8, 4) is 0 Å². The minimum absolute atomic E-state index is 0.185. The standard InChI is InChI=1S/C8H15NO3S/c1-9(2)13(11,12)8-5-3-7(10)4-6-8/h8H,3-6H2,1-2H3. The Morgan fingerprint density at radius 1 is 1.23 bits per heavy atom. The zero-order valence-electron chi connectivity index (χ0n) is 7.99. The van der Waals surface area contributed by atoms with E-state index in [2.05, 4.69) is 0 Å². The summed E-state index contributed by atoms with van der Waals surface area (Å²) in [4.78, 5) is 10.9. The molecule has 5 heteroatoms. The van der Waals surface area contributed by atoms with E-state index < -0.39 is 10.0 Å². The first-order valence-electron chi connectivity index (χ1n) is 4.37. The van der Waals surface area contributed by atoms with E-state index in [1.54, 1.807) is 0 Å². The van der Waals surface area contributed by atoms with Gasteiger partial charge in [0.2, 0.25) is 10.0 Å². The van der Waals surface area contributed by atoms with Gasteiger partial charge in [-0.1, -0.05) is 0 Å². The molecule has 1 aliphatic rings. The van der Waals surface area contributed by atoms with Crippen molar-refractivity contribution >= 4 is 15.8 Å². The van der Waals surface area contributed by atoms with E-state index in [0.717, 1.165) is 0 Å². The van der Waals surface area contributed by atoms with E-state index in [4.69, 9.17) is 0 Å². The molecule has 0 aliphatic heterocycles. The smallest absolute Gasteiger partial charge is 0.216 e. The van der Waals surface area contributed by atoms with Crippen LogP contribution in [-0.2, 0) is 14.8 Å². The Morgan fingerprint density at radius 2 is 1.69 bits per heavy atom. The lowest BCUT2D eigenvalue weighted by Gasteiger charge is -2.24. The van der Waals surface area contributed by atoms with Crippen LogP contribution in [0.25, 0.3) is 0 Å². The Labute approximate surface area is 79.0 Å². The number of sulfonamides is 1. The molecule has 1 rings (SSSR count). The highest BCUT2D eigenvalue weighted by Crippen LogP contribution is 2.22. The second kappa shape index (κ2) is 3.75. The van der Waals surface area contributed by atoms with Crippen LogP contribution in [0.2, 0.25) is 0 Å². The van der Waals surface area contributed by atoms with Gasteiger partial charge in [-0.15, -0.1) is 0 Å². The third-order valence-corrected chi connectivity index (χ3v) is 4.75. The molecule has 0 spiro atoms. The molecule has 0 aromatic carbocycles. The highest BCUT2D eigenvalue weighted by Gasteiger charge is 2.31. The van der Waals surface area contributed by atoms with Crippen molar-refractivity contribution in [2.75, 3.05) is 14.1 Å². The molecule has 13 heavy (non-hydrogen) atoms. The van der Waals surface area contributed by atoms with E-state index in [9.17, 15) is 13.2 Å². The van der Waals surface area contributed by atoms with E-state index in [1.165, 1.54) is 18.4 Å². The molecular formula is C8H15NO3S. The topological polar surface area (TPSA) is 54.5 Å². The van der Waals surface area contributed by atoms with Crippen molar-refractivity contribution in [1.82, 2.24) is 4.31 Å². The molecule has 0 N–H and O–H groups in total. The van der Waals surface area contributed by atoms with E-state index >= 15 is 0 Å². The van der Waals surface area contributed by atoms with E-state index in [1.807, 2.05) is 0 Å². The van der Waals surface area contributed by atoms with Crippen molar-refractivity contribution in [2.45, 2.75) is 30.9 Å². The van der Waals surface area contributed by atoms with Crippen molar-refractivity contribution in [1.29, 1.82) is 0 Å². The third-order valence-electron chi connectivity index (χ3n) is 2.42. The molecule has 0 atom stereocenters. The molecule has 1 aliphatic carbocycles. The highest BCUT2D eigenvalue weighted by molar-refractivity contribution is 7.89. The normalized spacial score (nSPS) is 21.0. The van der Waals surface area contributed by atoms with Gasteiger partial charge in [0.1, 0.15) is 5.78 Å². The van der Waals surface area contributed by atoms with Gasteiger partial charge in [0, 0.05) is 26.9 Å². The Bertz CT molecular complexity index is 285. The van der Waals surface area contributed by atoms with Gasteiger partial charge in [-0.3, -0.25) is 4.79 Å². The second-order valence-corrected chi connectivity index (χ2v) is 5.99. The number of carbonyl (C=O) groups is 1. The fraction of sp³-hybridized carbons (Fsp3) is 0.875. The van der Waals surface area contributed by atoms with Crippen LogP contribution >= 0.6 is 0 Å². The van der Waals surface area contributed by atoms with Gasteiger partial charge in [-0.25, -0.2) is 12.7 Å². The fourth-order valence-corrected chi connectivity index (χ4v) is 2.94. The Balaban J connectivity index is 2.69. The number of rotatable bonds is 2. The van der Waals surface area contributed by atoms with Gasteiger partial charge >= 0.3 is 0 Å². The van der Waals surface area contributed by atoms with Gasteiger partial charge < -0.3 is 0 Å². The minimum Gasteiger partial charge on any atom is -0.300 e. The molecular weight excluding hydrogens is 190 g/mol. The number of hydrogen-bond donors (Lipinski definition) is 0. The summed E-state index contributed by atoms with van der Waals surface area (Å²) in [5.74, 6) is 0.185. The van der Waals surface area contributed by atoms with Crippen molar-refractivity contribution in [3.05, 3.63) is 0 Å². The van der Waals surface area contributed by atoms with Crippen LogP contribution in [0.5, 0.6) is 0 Å². The molecule has 0 aromatic rings. The molecule has 0 radical (unpaired) electrons. The molecule has 1 saturated carbocycles. The predicted octanol–water partition coefficient (Wildman–Crippen LogP) is 0.390. The first-order chi connectivity index (χ1) is 5.94. The Morgan fingerprint density at radius 3 is 2.08 bits per heavy atom. The van der Waals surface area contributed by atoms with Gasteiger partial charge in [0.05, 0.1) is 5.25 Å². The van der Waals surface area contributed by atoms with Crippen molar-refractivity contribution in [2.24, 2.45) is 0 Å². The third kappa shape index (κ3) is 2.28. The van der Waals surface area contributed by atoms with Crippen LogP contribution in [0.4, 0.5) is 0 Å². The Kier molecular flexibility index (Phi) is 3.08. The molecule has 4 nitrogen and oxygen atoms in total. The first-order valence-corrected chi connectivity index (χ1v) is 5.88. The SMILES string of the molecule is CN(C)S(=O)(=O)C1CCC(=O)CC1. The largest absolute Gasteiger partial charge is 0.300 e. The average molecular weight is 205 g/mol. The van der Waals surface area contributed by atoms with Crippen LogP contribution in [0, 0.1) is 0 Å². The summed E-state index contributed by atoms with van der Waals surface area (Å²) in [7, 11) is -0.0753. The summed E-state index contributed by atoms with van der Waals surface area (Å²) in [6, 6.07) is 0. The summed E-state index contributed by atoms with van der Waals surface area (Å²) in [6.07, 6.45) is 1.80. The predicted molar refractivity (Wildman–Crippen MR) is 49.9 cm³/mol. The van der Waals surface area contributed by atoms with Crippen LogP contribution < -0.4 is 0 Å². The first kappa shape index (κ1) is 10.7. The lowest BCUT2D eigenvalue weighted by Crippen LogP contribution is -2.36. The zero-order valence-corrected chi connectivity index (χ0v) is 8.80. The van der Waals surface area contributed by atoms with Crippen LogP contribution in [0.15, 0.2) is 0 Å². The van der Waals surface area contributed by atoms with Crippen molar-refractivity contribution in [3.63, 3.8) is 0 Å². The number of nitrogens with zero attached hydrogens (tertiary/aromatic N) is 1. The molecule has 0 saturated heterocycles. The van der Waals surface area contributed by atoms with Crippen LogP contribution in [0.3, 0.4) is 0 Å². The lowest BCUT2D eigenvalue weighted by molar-refractivity contribution is -0.120. The number of Topliss-reactive ketones (excluding diaryl/α,β-unsaturated/α-hetero) is 1.